The molecule has 0 aromatic heterocycles. The molecule has 0 spiro atoms. The highest BCUT2D eigenvalue weighted by atomic mass is 16.5. The molecule has 2 amide bonds. The molecule has 3 aromatic carbocycles. The van der Waals surface area contributed by atoms with Gasteiger partial charge in [0.25, 0.3) is 11.8 Å². The summed E-state index contributed by atoms with van der Waals surface area (Å²) in [7, 11) is 0. The smallest absolute Gasteiger partial charge is 0.282 e. The Morgan fingerprint density at radius 3 is 2.16 bits per heavy atom. The van der Waals surface area contributed by atoms with Gasteiger partial charge in [-0.2, -0.15) is 0 Å². The predicted octanol–water partition coefficient (Wildman–Crippen LogP) is 5.04. The molecule has 1 heterocycles. The molecule has 0 unspecified atom stereocenters. The largest absolute Gasteiger partial charge is 0.492 e. The summed E-state index contributed by atoms with van der Waals surface area (Å²) in [5, 5.41) is 3.19. The summed E-state index contributed by atoms with van der Waals surface area (Å²) in [5.41, 5.74) is 3.60. The molecule has 0 radical (unpaired) electrons. The van der Waals surface area contributed by atoms with Gasteiger partial charge in [0.15, 0.2) is 0 Å². The van der Waals surface area contributed by atoms with Crippen molar-refractivity contribution in [2.24, 2.45) is 0 Å². The molecule has 156 valence electrons. The van der Waals surface area contributed by atoms with Crippen molar-refractivity contribution in [1.29, 1.82) is 0 Å². The summed E-state index contributed by atoms with van der Waals surface area (Å²) < 4.78 is 5.69. The summed E-state index contributed by atoms with van der Waals surface area (Å²) in [6, 6.07) is 24.1. The molecule has 4 rings (SSSR count). The van der Waals surface area contributed by atoms with E-state index in [0.29, 0.717) is 34.9 Å². The molecule has 0 saturated heterocycles. The van der Waals surface area contributed by atoms with Crippen molar-refractivity contribution in [3.05, 3.63) is 95.7 Å². The average Bonchev–Trinajstić information content (AvgIpc) is 3.05. The van der Waals surface area contributed by atoms with E-state index in [1.165, 1.54) is 4.90 Å². The molecule has 0 saturated carbocycles. The van der Waals surface area contributed by atoms with Crippen LogP contribution in [0.3, 0.4) is 0 Å². The second kappa shape index (κ2) is 8.88. The Hall–Kier alpha value is -3.86. The first-order chi connectivity index (χ1) is 15.1. The number of imide groups is 1. The molecule has 3 aromatic rings. The summed E-state index contributed by atoms with van der Waals surface area (Å²) in [6.45, 7) is 4.46. The van der Waals surface area contributed by atoms with Crippen molar-refractivity contribution >= 4 is 28.8 Å². The number of carbonyl (C=O) groups excluding carboxylic acids is 2. The van der Waals surface area contributed by atoms with Gasteiger partial charge in [-0.3, -0.25) is 9.59 Å². The van der Waals surface area contributed by atoms with Gasteiger partial charge in [-0.05, 0) is 48.7 Å². The molecule has 1 aliphatic heterocycles. The highest BCUT2D eigenvalue weighted by Gasteiger charge is 2.40. The Labute approximate surface area is 182 Å². The van der Waals surface area contributed by atoms with E-state index < -0.39 is 0 Å². The van der Waals surface area contributed by atoms with Crippen LogP contribution < -0.4 is 15.0 Å². The Morgan fingerprint density at radius 2 is 1.48 bits per heavy atom. The van der Waals surface area contributed by atoms with Gasteiger partial charge in [0.05, 0.1) is 23.6 Å². The number of aryl methyl sites for hydroxylation is 1. The van der Waals surface area contributed by atoms with Gasteiger partial charge in [0, 0.05) is 0 Å². The average molecular weight is 412 g/mol. The van der Waals surface area contributed by atoms with Crippen LogP contribution in [0, 0.1) is 0 Å². The fourth-order valence-electron chi connectivity index (χ4n) is 3.62. The van der Waals surface area contributed by atoms with Crippen LogP contribution in [0.5, 0.6) is 5.75 Å². The molecule has 31 heavy (non-hydrogen) atoms. The number of para-hydroxylation sites is 2. The Kier molecular flexibility index (Phi) is 5.85. The number of hydrogen-bond acceptors (Lipinski definition) is 4. The van der Waals surface area contributed by atoms with Crippen molar-refractivity contribution in [2.45, 2.75) is 20.3 Å². The molecule has 0 bridgehead atoms. The minimum absolute atomic E-state index is 0.239. The summed E-state index contributed by atoms with van der Waals surface area (Å²) in [4.78, 5) is 28.2. The highest BCUT2D eigenvalue weighted by molar-refractivity contribution is 6.46. The first kappa shape index (κ1) is 20.4. The van der Waals surface area contributed by atoms with Crippen molar-refractivity contribution in [3.63, 3.8) is 0 Å². The lowest BCUT2D eigenvalue weighted by molar-refractivity contribution is -0.120. The molecule has 0 aliphatic carbocycles. The first-order valence-corrected chi connectivity index (χ1v) is 10.4. The van der Waals surface area contributed by atoms with Gasteiger partial charge in [-0.25, -0.2) is 4.90 Å². The first-order valence-electron chi connectivity index (χ1n) is 10.4. The number of rotatable bonds is 7. The van der Waals surface area contributed by atoms with Crippen molar-refractivity contribution < 1.29 is 14.3 Å². The third-order valence-electron chi connectivity index (χ3n) is 5.20. The van der Waals surface area contributed by atoms with E-state index in [4.69, 9.17) is 4.74 Å². The molecular formula is C26H24N2O3. The van der Waals surface area contributed by atoms with Crippen LogP contribution in [0.1, 0.15) is 25.0 Å². The number of carbonyl (C=O) groups is 2. The molecule has 0 atom stereocenters. The van der Waals surface area contributed by atoms with Gasteiger partial charge in [0.2, 0.25) is 0 Å². The van der Waals surface area contributed by atoms with E-state index in [9.17, 15) is 9.59 Å². The highest BCUT2D eigenvalue weighted by Crippen LogP contribution is 2.35. The van der Waals surface area contributed by atoms with Crippen molar-refractivity contribution in [1.82, 2.24) is 0 Å². The standard InChI is InChI=1S/C26H24N2O3/c1-3-18-14-16-20(17-15-18)28-25(29)23(19-10-6-5-7-11-19)24(26(28)30)27-21-12-8-9-13-22(21)31-4-2/h5-17,27H,3-4H2,1-2H3. The number of nitrogens with zero attached hydrogens (tertiary/aromatic N) is 1. The zero-order valence-corrected chi connectivity index (χ0v) is 17.6. The van der Waals surface area contributed by atoms with Gasteiger partial charge in [-0.1, -0.05) is 61.5 Å². The minimum atomic E-state index is -0.389. The van der Waals surface area contributed by atoms with Crippen LogP contribution >= 0.6 is 0 Å². The lowest BCUT2D eigenvalue weighted by atomic mass is 10.0. The fraction of sp³-hybridized carbons (Fsp3) is 0.154. The second-order valence-corrected chi connectivity index (χ2v) is 7.14. The van der Waals surface area contributed by atoms with Crippen LogP contribution in [0.15, 0.2) is 84.6 Å². The van der Waals surface area contributed by atoms with E-state index >= 15 is 0 Å². The van der Waals surface area contributed by atoms with E-state index in [1.807, 2.05) is 85.8 Å². The van der Waals surface area contributed by atoms with Gasteiger partial charge in [-0.15, -0.1) is 0 Å². The van der Waals surface area contributed by atoms with E-state index in [0.717, 1.165) is 12.0 Å². The Morgan fingerprint density at radius 1 is 0.806 bits per heavy atom. The summed E-state index contributed by atoms with van der Waals surface area (Å²) in [6.07, 6.45) is 0.886. The maximum Gasteiger partial charge on any atom is 0.282 e. The van der Waals surface area contributed by atoms with E-state index in [2.05, 4.69) is 12.2 Å². The number of nitrogens with one attached hydrogen (secondary N) is 1. The molecular weight excluding hydrogens is 388 g/mol. The zero-order valence-electron chi connectivity index (χ0n) is 17.6. The number of hydrogen-bond donors (Lipinski definition) is 1. The molecule has 0 fully saturated rings. The molecule has 5 nitrogen and oxygen atoms in total. The van der Waals surface area contributed by atoms with Crippen LogP contribution in [0.25, 0.3) is 5.57 Å². The van der Waals surface area contributed by atoms with Crippen LogP contribution in [-0.2, 0) is 16.0 Å². The lowest BCUT2D eigenvalue weighted by Gasteiger charge is -2.16. The molecule has 1 aliphatic rings. The fourth-order valence-corrected chi connectivity index (χ4v) is 3.62. The minimum Gasteiger partial charge on any atom is -0.492 e. The zero-order chi connectivity index (χ0) is 21.8. The summed E-state index contributed by atoms with van der Waals surface area (Å²) >= 11 is 0. The van der Waals surface area contributed by atoms with Gasteiger partial charge in [0.1, 0.15) is 11.4 Å². The van der Waals surface area contributed by atoms with E-state index in [1.54, 1.807) is 0 Å². The van der Waals surface area contributed by atoms with E-state index in [-0.39, 0.29) is 17.5 Å². The second-order valence-electron chi connectivity index (χ2n) is 7.14. The summed E-state index contributed by atoms with van der Waals surface area (Å²) in [5.74, 6) is -0.118. The molecule has 5 heteroatoms. The third-order valence-corrected chi connectivity index (χ3v) is 5.20. The lowest BCUT2D eigenvalue weighted by Crippen LogP contribution is -2.32. The number of anilines is 2. The topological polar surface area (TPSA) is 58.6 Å². The number of amides is 2. The number of ether oxygens (including phenoxy) is 1. The van der Waals surface area contributed by atoms with Crippen LogP contribution in [-0.4, -0.2) is 18.4 Å². The van der Waals surface area contributed by atoms with Gasteiger partial charge < -0.3 is 10.1 Å². The SMILES string of the molecule is CCOc1ccccc1NC1=C(c2ccccc2)C(=O)N(c2ccc(CC)cc2)C1=O. The molecule has 1 N–H and O–H groups in total. The van der Waals surface area contributed by atoms with Crippen LogP contribution in [0.2, 0.25) is 0 Å². The quantitative estimate of drug-likeness (QED) is 0.552. The van der Waals surface area contributed by atoms with Crippen molar-refractivity contribution in [2.75, 3.05) is 16.8 Å². The number of benzene rings is 3. The Balaban J connectivity index is 1.79. The van der Waals surface area contributed by atoms with Crippen LogP contribution in [0.4, 0.5) is 11.4 Å². The van der Waals surface area contributed by atoms with Crippen molar-refractivity contribution in [3.8, 4) is 5.75 Å². The maximum atomic E-state index is 13.5. The predicted molar refractivity (Wildman–Crippen MR) is 123 cm³/mol. The monoisotopic (exact) mass is 412 g/mol. The normalized spacial score (nSPS) is 13.7. The third kappa shape index (κ3) is 3.94. The maximum absolute atomic E-state index is 13.5. The Bertz CT molecular complexity index is 1130. The van der Waals surface area contributed by atoms with Gasteiger partial charge >= 0.3 is 0 Å².